The van der Waals surface area contributed by atoms with Crippen LogP contribution in [0.3, 0.4) is 0 Å². The number of rotatable bonds is 3. The van der Waals surface area contributed by atoms with Crippen LogP contribution in [0.4, 0.5) is 4.79 Å². The van der Waals surface area contributed by atoms with Crippen molar-refractivity contribution in [1.82, 2.24) is 10.2 Å². The Morgan fingerprint density at radius 3 is 2.75 bits per heavy atom. The lowest BCUT2D eigenvalue weighted by atomic mass is 10.4. The van der Waals surface area contributed by atoms with E-state index in [0.717, 1.165) is 32.7 Å². The molecular formula is C7H13ClN2O2. The number of halogens is 1. The van der Waals surface area contributed by atoms with Crippen molar-refractivity contribution < 1.29 is 9.53 Å². The molecule has 1 saturated heterocycles. The topological polar surface area (TPSA) is 41.6 Å². The van der Waals surface area contributed by atoms with E-state index >= 15 is 0 Å². The Kier molecular flexibility index (Phi) is 4.35. The third kappa shape index (κ3) is 3.90. The van der Waals surface area contributed by atoms with Crippen LogP contribution in [0.2, 0.25) is 0 Å². The Hall–Kier alpha value is -0.320. The summed E-state index contributed by atoms with van der Waals surface area (Å²) in [5.74, 6) is 0. The van der Waals surface area contributed by atoms with Crippen LogP contribution >= 0.6 is 11.6 Å². The Morgan fingerprint density at radius 2 is 2.17 bits per heavy atom. The lowest BCUT2D eigenvalue weighted by Gasteiger charge is -2.26. The Bertz CT molecular complexity index is 148. The Labute approximate surface area is 76.8 Å². The maximum absolute atomic E-state index is 10.2. The maximum atomic E-state index is 10.2. The minimum atomic E-state index is -0.717. The highest BCUT2D eigenvalue weighted by atomic mass is 35.5. The van der Waals surface area contributed by atoms with Gasteiger partial charge in [-0.1, -0.05) is 0 Å². The fourth-order valence-electron chi connectivity index (χ4n) is 1.19. The van der Waals surface area contributed by atoms with Gasteiger partial charge in [0.25, 0.3) is 0 Å². The molecule has 0 amide bonds. The molecule has 70 valence electrons. The summed E-state index contributed by atoms with van der Waals surface area (Å²) < 4.78 is 4.61. The van der Waals surface area contributed by atoms with E-state index in [1.807, 2.05) is 0 Å². The van der Waals surface area contributed by atoms with Crippen LogP contribution in [0, 0.1) is 0 Å². The number of hydrogen-bond acceptors (Lipinski definition) is 4. The molecule has 1 aliphatic heterocycles. The van der Waals surface area contributed by atoms with E-state index in [1.54, 1.807) is 0 Å². The van der Waals surface area contributed by atoms with Gasteiger partial charge in [0.15, 0.2) is 0 Å². The van der Waals surface area contributed by atoms with Crippen molar-refractivity contribution in [2.24, 2.45) is 0 Å². The minimum absolute atomic E-state index is 0.391. The monoisotopic (exact) mass is 192 g/mol. The number of carbonyl (C=O) groups excluding carboxylic acids is 1. The first-order chi connectivity index (χ1) is 5.79. The number of hydrogen-bond donors (Lipinski definition) is 1. The SMILES string of the molecule is O=C(Cl)OCCN1CCNCC1. The summed E-state index contributed by atoms with van der Waals surface area (Å²) in [6, 6.07) is 0. The molecule has 1 N–H and O–H groups in total. The first kappa shape index (κ1) is 9.77. The lowest BCUT2D eigenvalue weighted by Crippen LogP contribution is -2.44. The van der Waals surface area contributed by atoms with Crippen molar-refractivity contribution in [1.29, 1.82) is 0 Å². The molecular weight excluding hydrogens is 180 g/mol. The first-order valence-electron chi connectivity index (χ1n) is 4.04. The van der Waals surface area contributed by atoms with Gasteiger partial charge in [0, 0.05) is 44.3 Å². The van der Waals surface area contributed by atoms with Crippen LogP contribution in [-0.2, 0) is 4.74 Å². The van der Waals surface area contributed by atoms with Gasteiger partial charge in [0.2, 0.25) is 0 Å². The van der Waals surface area contributed by atoms with Crippen molar-refractivity contribution in [2.75, 3.05) is 39.3 Å². The maximum Gasteiger partial charge on any atom is 0.403 e. The van der Waals surface area contributed by atoms with Crippen LogP contribution in [0.25, 0.3) is 0 Å². The molecule has 0 aromatic heterocycles. The van der Waals surface area contributed by atoms with Gasteiger partial charge in [-0.25, -0.2) is 4.79 Å². The van der Waals surface area contributed by atoms with Crippen molar-refractivity contribution in [3.8, 4) is 0 Å². The van der Waals surface area contributed by atoms with Gasteiger partial charge in [-0.2, -0.15) is 0 Å². The Balaban J connectivity index is 2.01. The average Bonchev–Trinajstić information content (AvgIpc) is 2.05. The van der Waals surface area contributed by atoms with Crippen LogP contribution in [0.15, 0.2) is 0 Å². The van der Waals surface area contributed by atoms with Gasteiger partial charge in [-0.15, -0.1) is 0 Å². The van der Waals surface area contributed by atoms with Crippen LogP contribution < -0.4 is 5.32 Å². The zero-order valence-electron chi connectivity index (χ0n) is 6.88. The molecule has 0 spiro atoms. The molecule has 0 bridgehead atoms. The molecule has 0 unspecified atom stereocenters. The van der Waals surface area contributed by atoms with Crippen molar-refractivity contribution in [3.63, 3.8) is 0 Å². The lowest BCUT2D eigenvalue weighted by molar-refractivity contribution is 0.143. The molecule has 0 aliphatic carbocycles. The van der Waals surface area contributed by atoms with Crippen molar-refractivity contribution in [3.05, 3.63) is 0 Å². The van der Waals surface area contributed by atoms with E-state index in [-0.39, 0.29) is 0 Å². The highest BCUT2D eigenvalue weighted by Crippen LogP contribution is 1.93. The molecule has 1 aliphatic rings. The second kappa shape index (κ2) is 5.35. The van der Waals surface area contributed by atoms with Gasteiger partial charge in [0.1, 0.15) is 6.61 Å². The average molecular weight is 193 g/mol. The summed E-state index contributed by atoms with van der Waals surface area (Å²) in [5.41, 5.74) is -0.717. The summed E-state index contributed by atoms with van der Waals surface area (Å²) in [6.07, 6.45) is 0. The summed E-state index contributed by atoms with van der Waals surface area (Å²) in [4.78, 5) is 12.4. The first-order valence-corrected chi connectivity index (χ1v) is 4.42. The summed E-state index contributed by atoms with van der Waals surface area (Å²) in [5, 5.41) is 3.24. The normalized spacial score (nSPS) is 19.1. The fraction of sp³-hybridized carbons (Fsp3) is 0.857. The van der Waals surface area contributed by atoms with E-state index in [9.17, 15) is 4.79 Å². The van der Waals surface area contributed by atoms with Crippen LogP contribution in [0.5, 0.6) is 0 Å². The molecule has 1 rings (SSSR count). The number of nitrogens with zero attached hydrogens (tertiary/aromatic N) is 1. The Morgan fingerprint density at radius 1 is 1.50 bits per heavy atom. The smallest absolute Gasteiger partial charge is 0.403 e. The molecule has 12 heavy (non-hydrogen) atoms. The van der Waals surface area contributed by atoms with E-state index in [1.165, 1.54) is 0 Å². The third-order valence-electron chi connectivity index (χ3n) is 1.83. The highest BCUT2D eigenvalue weighted by Gasteiger charge is 2.08. The molecule has 0 radical (unpaired) electrons. The van der Waals surface area contributed by atoms with Crippen LogP contribution in [-0.4, -0.2) is 49.7 Å². The predicted molar refractivity (Wildman–Crippen MR) is 46.5 cm³/mol. The van der Waals surface area contributed by atoms with Crippen molar-refractivity contribution in [2.45, 2.75) is 0 Å². The van der Waals surface area contributed by atoms with E-state index in [2.05, 4.69) is 15.0 Å². The molecule has 4 nitrogen and oxygen atoms in total. The van der Waals surface area contributed by atoms with Gasteiger partial charge in [0.05, 0.1) is 0 Å². The molecule has 0 atom stereocenters. The van der Waals surface area contributed by atoms with Crippen LogP contribution in [0.1, 0.15) is 0 Å². The summed E-state index contributed by atoms with van der Waals surface area (Å²) in [6.45, 7) is 5.21. The standard InChI is InChI=1S/C7H13ClN2O2/c8-7(11)12-6-5-10-3-1-9-2-4-10/h9H,1-6H2. The van der Waals surface area contributed by atoms with Crippen molar-refractivity contribution >= 4 is 17.0 Å². The number of ether oxygens (including phenoxy) is 1. The summed E-state index contributed by atoms with van der Waals surface area (Å²) in [7, 11) is 0. The molecule has 1 fully saturated rings. The molecule has 1 heterocycles. The largest absolute Gasteiger partial charge is 0.452 e. The van der Waals surface area contributed by atoms with Gasteiger partial charge < -0.3 is 10.1 Å². The summed E-state index contributed by atoms with van der Waals surface area (Å²) >= 11 is 5.00. The molecule has 0 saturated carbocycles. The molecule has 5 heteroatoms. The van der Waals surface area contributed by atoms with Gasteiger partial charge in [-0.3, -0.25) is 4.90 Å². The zero-order chi connectivity index (χ0) is 8.81. The van der Waals surface area contributed by atoms with Gasteiger partial charge >= 0.3 is 5.43 Å². The molecule has 0 aromatic carbocycles. The highest BCUT2D eigenvalue weighted by molar-refractivity contribution is 6.61. The number of piperazine rings is 1. The number of nitrogens with one attached hydrogen (secondary N) is 1. The van der Waals surface area contributed by atoms with Gasteiger partial charge in [-0.05, 0) is 0 Å². The molecule has 0 aromatic rings. The van der Waals surface area contributed by atoms with E-state index in [0.29, 0.717) is 6.61 Å². The van der Waals surface area contributed by atoms with E-state index < -0.39 is 5.43 Å². The third-order valence-corrected chi connectivity index (χ3v) is 1.94. The number of carbonyl (C=O) groups is 1. The quantitative estimate of drug-likeness (QED) is 0.652. The zero-order valence-corrected chi connectivity index (χ0v) is 7.64. The second-order valence-corrected chi connectivity index (χ2v) is 2.99. The minimum Gasteiger partial charge on any atom is -0.452 e. The second-order valence-electron chi connectivity index (χ2n) is 2.68. The van der Waals surface area contributed by atoms with E-state index in [4.69, 9.17) is 11.6 Å². The fourth-order valence-corrected chi connectivity index (χ4v) is 1.27. The predicted octanol–water partition coefficient (Wildman–Crippen LogP) is 0.267.